The molecule has 11 heteroatoms. The van der Waals surface area contributed by atoms with Gasteiger partial charge >= 0.3 is 5.97 Å². The number of hydrogen-bond donors (Lipinski definition) is 1. The molecule has 0 bridgehead atoms. The van der Waals surface area contributed by atoms with Crippen LogP contribution in [0.15, 0.2) is 52.9 Å². The van der Waals surface area contributed by atoms with Crippen LogP contribution in [0.1, 0.15) is 46.2 Å². The number of amides is 1. The number of carbonyl (C=O) groups is 2. The number of fused-ring (bicyclic) bond motifs is 2. The fourth-order valence-corrected chi connectivity index (χ4v) is 8.19. The van der Waals surface area contributed by atoms with Crippen LogP contribution in [0.3, 0.4) is 0 Å². The van der Waals surface area contributed by atoms with Gasteiger partial charge in [-0.2, -0.15) is 5.26 Å². The number of aliphatic carboxylic acids is 1. The molecule has 2 aliphatic rings. The van der Waals surface area contributed by atoms with E-state index in [1.807, 2.05) is 48.2 Å². The second-order valence-electron chi connectivity index (χ2n) is 13.8. The van der Waals surface area contributed by atoms with Gasteiger partial charge in [0.1, 0.15) is 16.6 Å². The maximum absolute atomic E-state index is 12.6. The number of aromatic nitrogens is 2. The van der Waals surface area contributed by atoms with E-state index in [9.17, 15) is 20.0 Å². The minimum atomic E-state index is -0.781. The highest BCUT2D eigenvalue weighted by atomic mass is 32.1. The van der Waals surface area contributed by atoms with Crippen molar-refractivity contribution in [1.82, 2.24) is 24.7 Å². The molecular formula is C38H38N6O4S. The molecule has 1 amide bonds. The van der Waals surface area contributed by atoms with Crippen LogP contribution < -0.4 is 0 Å². The maximum atomic E-state index is 12.6. The first-order valence-electron chi connectivity index (χ1n) is 16.3. The Labute approximate surface area is 289 Å². The van der Waals surface area contributed by atoms with Gasteiger partial charge in [0.2, 0.25) is 11.8 Å². The van der Waals surface area contributed by atoms with E-state index in [-0.39, 0.29) is 5.91 Å². The molecule has 1 atom stereocenters. The topological polar surface area (TPSA) is 127 Å². The number of likely N-dealkylation sites (N-methyl/N-ethyl adjacent to an activating group) is 1. The van der Waals surface area contributed by atoms with Gasteiger partial charge in [0.15, 0.2) is 5.58 Å². The number of benzene rings is 3. The molecule has 1 fully saturated rings. The van der Waals surface area contributed by atoms with Crippen LogP contribution in [0.5, 0.6) is 0 Å². The Bertz CT molecular complexity index is 2160. The first kappa shape index (κ1) is 32.6. The third-order valence-corrected chi connectivity index (χ3v) is 10.9. The summed E-state index contributed by atoms with van der Waals surface area (Å²) in [6.45, 7) is 9.17. The molecule has 0 saturated carbocycles. The lowest BCUT2D eigenvalue weighted by molar-refractivity contribution is -0.147. The summed E-state index contributed by atoms with van der Waals surface area (Å²) < 4.78 is 6.28. The molecule has 1 N–H and O–H groups in total. The van der Waals surface area contributed by atoms with Crippen LogP contribution in [-0.4, -0.2) is 75.4 Å². The molecule has 0 radical (unpaired) electrons. The van der Waals surface area contributed by atoms with Crippen LogP contribution >= 0.6 is 11.3 Å². The third kappa shape index (κ3) is 6.01. The van der Waals surface area contributed by atoms with Gasteiger partial charge in [-0.25, -0.2) is 9.97 Å². The second kappa shape index (κ2) is 12.5. The molecule has 3 aromatic carbocycles. The van der Waals surface area contributed by atoms with Crippen molar-refractivity contribution in [2.75, 3.05) is 33.7 Å². The Kier molecular flexibility index (Phi) is 8.35. The molecule has 2 aliphatic heterocycles. The molecule has 4 heterocycles. The predicted octanol–water partition coefficient (Wildman–Crippen LogP) is 6.47. The van der Waals surface area contributed by atoms with Crippen molar-refractivity contribution in [3.05, 3.63) is 81.4 Å². The summed E-state index contributed by atoms with van der Waals surface area (Å²) in [5, 5.41) is 20.6. The number of nitriles is 1. The van der Waals surface area contributed by atoms with Gasteiger partial charge in [-0.05, 0) is 93.8 Å². The lowest BCUT2D eigenvalue weighted by Gasteiger charge is -2.20. The van der Waals surface area contributed by atoms with Crippen LogP contribution in [-0.2, 0) is 29.2 Å². The van der Waals surface area contributed by atoms with Crippen LogP contribution in [0.2, 0.25) is 0 Å². The van der Waals surface area contributed by atoms with Gasteiger partial charge in [0.05, 0.1) is 36.3 Å². The number of carboxylic acids is 1. The summed E-state index contributed by atoms with van der Waals surface area (Å²) in [5.74, 6) is -0.223. The summed E-state index contributed by atoms with van der Waals surface area (Å²) in [6.07, 6.45) is 0.589. The molecule has 1 saturated heterocycles. The molecule has 10 nitrogen and oxygen atoms in total. The number of carboxylic acid groups (broad SMARTS) is 1. The minimum Gasteiger partial charge on any atom is -0.481 e. The van der Waals surface area contributed by atoms with E-state index in [4.69, 9.17) is 14.4 Å². The zero-order valence-corrected chi connectivity index (χ0v) is 29.1. The lowest BCUT2D eigenvalue weighted by atomic mass is 9.90. The smallest absolute Gasteiger partial charge is 0.310 e. The van der Waals surface area contributed by atoms with E-state index in [0.29, 0.717) is 68.2 Å². The minimum absolute atomic E-state index is 0.112. The predicted molar refractivity (Wildman–Crippen MR) is 189 cm³/mol. The second-order valence-corrected chi connectivity index (χ2v) is 14.9. The molecule has 7 rings (SSSR count). The third-order valence-electron chi connectivity index (χ3n) is 9.82. The summed E-state index contributed by atoms with van der Waals surface area (Å²) in [5.41, 5.74) is 8.75. The van der Waals surface area contributed by atoms with Crippen molar-refractivity contribution in [3.63, 3.8) is 0 Å². The fraction of sp³-hybridized carbons (Fsp3) is 0.342. The average Bonchev–Trinajstić information content (AvgIpc) is 3.84. The van der Waals surface area contributed by atoms with Gasteiger partial charge in [0, 0.05) is 29.1 Å². The first-order chi connectivity index (χ1) is 23.4. The largest absolute Gasteiger partial charge is 0.481 e. The summed E-state index contributed by atoms with van der Waals surface area (Å²) in [6, 6.07) is 18.4. The average molecular weight is 675 g/mol. The van der Waals surface area contributed by atoms with Gasteiger partial charge in [-0.1, -0.05) is 30.3 Å². The van der Waals surface area contributed by atoms with E-state index in [2.05, 4.69) is 49.1 Å². The normalized spacial score (nSPS) is 17.6. The molecule has 0 spiro atoms. The van der Waals surface area contributed by atoms with Crippen LogP contribution in [0.25, 0.3) is 44.3 Å². The van der Waals surface area contributed by atoms with Crippen LogP contribution in [0, 0.1) is 30.6 Å². The SMILES string of the molecule is Cc1c(-c2nc3cc(CN4CCC(C)(C(=O)O)C4)cc(C#N)c3o2)cccc1-c1cccc(-c2nc3c(s2)CN(C(=O)CN(C)C)C3)c1C. The summed E-state index contributed by atoms with van der Waals surface area (Å²) in [4.78, 5) is 41.2. The molecular weight excluding hydrogens is 637 g/mol. The zero-order valence-electron chi connectivity index (χ0n) is 28.3. The van der Waals surface area contributed by atoms with Crippen molar-refractivity contribution < 1.29 is 19.1 Å². The van der Waals surface area contributed by atoms with Crippen molar-refractivity contribution in [2.45, 2.75) is 46.8 Å². The monoisotopic (exact) mass is 674 g/mol. The lowest BCUT2D eigenvalue weighted by Crippen LogP contribution is -2.34. The standard InChI is InChI=1S/C38H38N6O4S/c1-22-26(27-9-7-11-29(23(27)2)36-41-31-18-44(19-32(31)49-36)33(45)20-42(4)5)8-6-10-28(22)35-40-30-15-24(14-25(16-39)34(30)48-35)17-43-13-12-38(3,21-43)37(46)47/h6-11,14-15H,12-13,17-21H2,1-5H3,(H,46,47). The molecule has 5 aromatic rings. The number of likely N-dealkylation sites (tertiary alicyclic amines) is 1. The number of hydrogen-bond acceptors (Lipinski definition) is 9. The first-order valence-corrected chi connectivity index (χ1v) is 17.2. The van der Waals surface area contributed by atoms with Crippen molar-refractivity contribution in [2.24, 2.45) is 5.41 Å². The molecule has 0 aliphatic carbocycles. The highest BCUT2D eigenvalue weighted by Gasteiger charge is 2.40. The Balaban J connectivity index is 1.17. The number of nitrogens with zero attached hydrogens (tertiary/aromatic N) is 6. The zero-order chi connectivity index (χ0) is 34.6. The van der Waals surface area contributed by atoms with Gasteiger partial charge in [-0.3, -0.25) is 14.5 Å². The van der Waals surface area contributed by atoms with Crippen molar-refractivity contribution in [1.29, 1.82) is 5.26 Å². The maximum Gasteiger partial charge on any atom is 0.310 e. The van der Waals surface area contributed by atoms with Gasteiger partial charge in [-0.15, -0.1) is 11.3 Å². The van der Waals surface area contributed by atoms with E-state index < -0.39 is 11.4 Å². The van der Waals surface area contributed by atoms with E-state index in [0.717, 1.165) is 54.5 Å². The Morgan fingerprint density at radius 2 is 1.73 bits per heavy atom. The Hall–Kier alpha value is -4.89. The highest BCUT2D eigenvalue weighted by molar-refractivity contribution is 7.15. The van der Waals surface area contributed by atoms with Gasteiger partial charge < -0.3 is 19.3 Å². The molecule has 250 valence electrons. The summed E-state index contributed by atoms with van der Waals surface area (Å²) in [7, 11) is 3.80. The van der Waals surface area contributed by atoms with Gasteiger partial charge in [0.25, 0.3) is 0 Å². The van der Waals surface area contributed by atoms with E-state index in [1.54, 1.807) is 18.3 Å². The number of carbonyl (C=O) groups excluding carboxylic acids is 1. The molecule has 49 heavy (non-hydrogen) atoms. The summed E-state index contributed by atoms with van der Waals surface area (Å²) >= 11 is 1.66. The van der Waals surface area contributed by atoms with Crippen LogP contribution in [0.4, 0.5) is 0 Å². The van der Waals surface area contributed by atoms with Crippen molar-refractivity contribution in [3.8, 4) is 39.2 Å². The fourth-order valence-electron chi connectivity index (χ4n) is 7.03. The number of oxazole rings is 1. The molecule has 2 aromatic heterocycles. The van der Waals surface area contributed by atoms with E-state index >= 15 is 0 Å². The number of thiazole rings is 1. The van der Waals surface area contributed by atoms with E-state index in [1.165, 1.54) is 0 Å². The highest BCUT2D eigenvalue weighted by Crippen LogP contribution is 2.40. The van der Waals surface area contributed by atoms with Crippen molar-refractivity contribution >= 4 is 34.3 Å². The quantitative estimate of drug-likeness (QED) is 0.197. The Morgan fingerprint density at radius 3 is 2.39 bits per heavy atom. The number of rotatable bonds is 8. The Morgan fingerprint density at radius 1 is 1.04 bits per heavy atom. The molecule has 1 unspecified atom stereocenters.